The average molecular weight is 279 g/mol. The van der Waals surface area contributed by atoms with Crippen molar-refractivity contribution in [1.82, 2.24) is 14.9 Å². The fourth-order valence-corrected chi connectivity index (χ4v) is 2.40. The highest BCUT2D eigenvalue weighted by Gasteiger charge is 2.11. The number of imidazole rings is 1. The van der Waals surface area contributed by atoms with E-state index < -0.39 is 0 Å². The van der Waals surface area contributed by atoms with Gasteiger partial charge in [0, 0.05) is 0 Å². The topological polar surface area (TPSA) is 46.9 Å². The number of rotatable bonds is 4. The average Bonchev–Trinajstić information content (AvgIpc) is 2.91. The molecule has 0 spiro atoms. The van der Waals surface area contributed by atoms with Gasteiger partial charge in [0.05, 0.1) is 23.4 Å². The Balaban J connectivity index is 1.69. The van der Waals surface area contributed by atoms with Crippen molar-refractivity contribution < 1.29 is 4.79 Å². The van der Waals surface area contributed by atoms with E-state index in [2.05, 4.69) is 10.3 Å². The number of nitrogens with one attached hydrogen (secondary N) is 1. The van der Waals surface area contributed by atoms with Gasteiger partial charge in [0.15, 0.2) is 0 Å². The molecule has 4 heteroatoms. The highest BCUT2D eigenvalue weighted by Crippen LogP contribution is 2.13. The molecule has 21 heavy (non-hydrogen) atoms. The fraction of sp³-hybridized carbons (Fsp3) is 0.176. The van der Waals surface area contributed by atoms with Crippen LogP contribution in [-0.4, -0.2) is 15.5 Å². The zero-order chi connectivity index (χ0) is 14.7. The van der Waals surface area contributed by atoms with Gasteiger partial charge in [-0.1, -0.05) is 42.5 Å². The predicted molar refractivity (Wildman–Crippen MR) is 82.7 cm³/mol. The van der Waals surface area contributed by atoms with Crippen molar-refractivity contribution in [3.05, 3.63) is 66.5 Å². The number of carbonyl (C=O) groups excluding carboxylic acids is 1. The van der Waals surface area contributed by atoms with Crippen LogP contribution in [0, 0.1) is 0 Å². The summed E-state index contributed by atoms with van der Waals surface area (Å²) in [6.07, 6.45) is 1.71. The van der Waals surface area contributed by atoms with Crippen molar-refractivity contribution in [3.8, 4) is 0 Å². The van der Waals surface area contributed by atoms with Crippen LogP contribution < -0.4 is 5.32 Å². The first-order valence-electron chi connectivity index (χ1n) is 6.98. The summed E-state index contributed by atoms with van der Waals surface area (Å²) >= 11 is 0. The summed E-state index contributed by atoms with van der Waals surface area (Å²) in [6.45, 7) is 2.26. The van der Waals surface area contributed by atoms with Crippen LogP contribution in [0.2, 0.25) is 0 Å². The molecule has 2 aromatic carbocycles. The Hall–Kier alpha value is -2.62. The normalized spacial score (nSPS) is 12.2. The Morgan fingerprint density at radius 3 is 2.67 bits per heavy atom. The Bertz CT molecular complexity index is 749. The summed E-state index contributed by atoms with van der Waals surface area (Å²) in [5.41, 5.74) is 2.97. The largest absolute Gasteiger partial charge is 0.348 e. The Morgan fingerprint density at radius 2 is 1.86 bits per heavy atom. The summed E-state index contributed by atoms with van der Waals surface area (Å²) < 4.78 is 1.86. The molecular formula is C17H17N3O. The monoisotopic (exact) mass is 279 g/mol. The molecule has 1 amide bonds. The summed E-state index contributed by atoms with van der Waals surface area (Å²) in [5, 5.41) is 3.01. The SMILES string of the molecule is C[C@H](NC(=O)Cn1cnc2ccccc21)c1ccccc1. The predicted octanol–water partition coefficient (Wildman–Crippen LogP) is 2.91. The fourth-order valence-electron chi connectivity index (χ4n) is 2.40. The van der Waals surface area contributed by atoms with Crippen molar-refractivity contribution in [1.29, 1.82) is 0 Å². The number of para-hydroxylation sites is 2. The van der Waals surface area contributed by atoms with Crippen molar-refractivity contribution in [2.75, 3.05) is 0 Å². The van der Waals surface area contributed by atoms with Crippen molar-refractivity contribution in [3.63, 3.8) is 0 Å². The maximum atomic E-state index is 12.2. The van der Waals surface area contributed by atoms with Crippen LogP contribution in [-0.2, 0) is 11.3 Å². The highest BCUT2D eigenvalue weighted by atomic mass is 16.2. The van der Waals surface area contributed by atoms with Crippen LogP contribution in [0.25, 0.3) is 11.0 Å². The minimum atomic E-state index is -0.0190. The van der Waals surface area contributed by atoms with Crippen LogP contribution in [0.1, 0.15) is 18.5 Å². The Labute approximate surface area is 123 Å². The van der Waals surface area contributed by atoms with E-state index in [9.17, 15) is 4.79 Å². The van der Waals surface area contributed by atoms with Gasteiger partial charge in [-0.05, 0) is 24.6 Å². The third-order valence-corrected chi connectivity index (χ3v) is 3.52. The number of hydrogen-bond donors (Lipinski definition) is 1. The van der Waals surface area contributed by atoms with E-state index in [0.29, 0.717) is 0 Å². The second kappa shape index (κ2) is 5.79. The smallest absolute Gasteiger partial charge is 0.240 e. The number of aromatic nitrogens is 2. The van der Waals surface area contributed by atoms with Gasteiger partial charge in [-0.2, -0.15) is 0 Å². The molecule has 0 fully saturated rings. The summed E-state index contributed by atoms with van der Waals surface area (Å²) in [6, 6.07) is 17.7. The molecule has 106 valence electrons. The highest BCUT2D eigenvalue weighted by molar-refractivity contribution is 5.80. The standard InChI is InChI=1S/C17H17N3O/c1-13(14-7-3-2-4-8-14)19-17(21)11-20-12-18-15-9-5-6-10-16(15)20/h2-10,12-13H,11H2,1H3,(H,19,21)/t13-/m0/s1. The van der Waals surface area contributed by atoms with Crippen molar-refractivity contribution in [2.45, 2.75) is 19.5 Å². The first kappa shape index (κ1) is 13.4. The second-order valence-electron chi connectivity index (χ2n) is 5.06. The van der Waals surface area contributed by atoms with Gasteiger partial charge >= 0.3 is 0 Å². The molecule has 1 N–H and O–H groups in total. The molecule has 1 heterocycles. The van der Waals surface area contributed by atoms with Gasteiger partial charge in [-0.3, -0.25) is 4.79 Å². The molecule has 1 atom stereocenters. The van der Waals surface area contributed by atoms with E-state index in [1.807, 2.05) is 66.1 Å². The summed E-state index contributed by atoms with van der Waals surface area (Å²) in [7, 11) is 0. The quantitative estimate of drug-likeness (QED) is 0.798. The minimum Gasteiger partial charge on any atom is -0.348 e. The van der Waals surface area contributed by atoms with Crippen LogP contribution in [0.5, 0.6) is 0 Å². The molecule has 0 bridgehead atoms. The van der Waals surface area contributed by atoms with Gasteiger partial charge in [-0.15, -0.1) is 0 Å². The van der Waals surface area contributed by atoms with Crippen LogP contribution in [0.15, 0.2) is 60.9 Å². The molecule has 3 rings (SSSR count). The lowest BCUT2D eigenvalue weighted by atomic mass is 10.1. The number of hydrogen-bond acceptors (Lipinski definition) is 2. The third kappa shape index (κ3) is 2.94. The first-order valence-corrected chi connectivity index (χ1v) is 6.98. The van der Waals surface area contributed by atoms with Gasteiger partial charge < -0.3 is 9.88 Å². The molecule has 1 aromatic heterocycles. The molecule has 0 aliphatic carbocycles. The van der Waals surface area contributed by atoms with Crippen LogP contribution >= 0.6 is 0 Å². The van der Waals surface area contributed by atoms with E-state index in [1.165, 1.54) is 0 Å². The van der Waals surface area contributed by atoms with Gasteiger partial charge in [0.1, 0.15) is 6.54 Å². The zero-order valence-electron chi connectivity index (χ0n) is 11.9. The van der Waals surface area contributed by atoms with E-state index in [4.69, 9.17) is 0 Å². The van der Waals surface area contributed by atoms with Crippen molar-refractivity contribution in [2.24, 2.45) is 0 Å². The number of amides is 1. The maximum Gasteiger partial charge on any atom is 0.240 e. The lowest BCUT2D eigenvalue weighted by Gasteiger charge is -2.14. The molecule has 3 aromatic rings. The second-order valence-corrected chi connectivity index (χ2v) is 5.06. The Morgan fingerprint density at radius 1 is 1.14 bits per heavy atom. The van der Waals surface area contributed by atoms with Crippen LogP contribution in [0.3, 0.4) is 0 Å². The lowest BCUT2D eigenvalue weighted by molar-refractivity contribution is -0.122. The van der Waals surface area contributed by atoms with Crippen LogP contribution in [0.4, 0.5) is 0 Å². The molecule has 0 radical (unpaired) electrons. The molecule has 0 aliphatic rings. The number of carbonyl (C=O) groups is 1. The lowest BCUT2D eigenvalue weighted by Crippen LogP contribution is -2.29. The number of fused-ring (bicyclic) bond motifs is 1. The molecule has 0 saturated heterocycles. The van der Waals surface area contributed by atoms with Gasteiger partial charge in [0.2, 0.25) is 5.91 Å². The van der Waals surface area contributed by atoms with E-state index in [1.54, 1.807) is 6.33 Å². The Kier molecular flexibility index (Phi) is 3.69. The van der Waals surface area contributed by atoms with Gasteiger partial charge in [-0.25, -0.2) is 4.98 Å². The molecule has 0 unspecified atom stereocenters. The maximum absolute atomic E-state index is 12.2. The molecule has 4 nitrogen and oxygen atoms in total. The molecule has 0 aliphatic heterocycles. The van der Waals surface area contributed by atoms with E-state index in [-0.39, 0.29) is 18.5 Å². The number of benzene rings is 2. The minimum absolute atomic E-state index is 0.00603. The first-order chi connectivity index (χ1) is 10.2. The van der Waals surface area contributed by atoms with E-state index in [0.717, 1.165) is 16.6 Å². The molecular weight excluding hydrogens is 262 g/mol. The number of nitrogens with zero attached hydrogens (tertiary/aromatic N) is 2. The molecule has 0 saturated carbocycles. The zero-order valence-corrected chi connectivity index (χ0v) is 11.9. The summed E-state index contributed by atoms with van der Waals surface area (Å²) in [4.78, 5) is 16.5. The van der Waals surface area contributed by atoms with E-state index >= 15 is 0 Å². The van der Waals surface area contributed by atoms with Crippen molar-refractivity contribution >= 4 is 16.9 Å². The third-order valence-electron chi connectivity index (χ3n) is 3.52. The van der Waals surface area contributed by atoms with Gasteiger partial charge in [0.25, 0.3) is 0 Å². The summed E-state index contributed by atoms with van der Waals surface area (Å²) in [5.74, 6) is -0.0190.